The van der Waals surface area contributed by atoms with Gasteiger partial charge < -0.3 is 5.21 Å². The average Bonchev–Trinajstić information content (AvgIpc) is 2.78. The van der Waals surface area contributed by atoms with Crippen molar-refractivity contribution in [3.05, 3.63) is 63.0 Å². The highest BCUT2D eigenvalue weighted by molar-refractivity contribution is 7.10. The van der Waals surface area contributed by atoms with Crippen LogP contribution >= 0.6 is 11.3 Å². The molecule has 0 saturated carbocycles. The Hall–Kier alpha value is -1.61. The maximum absolute atomic E-state index is 11.9. The first-order valence-corrected chi connectivity index (χ1v) is 6.18. The molecule has 0 atom stereocenters. The molecule has 1 aromatic carbocycles. The minimum absolute atomic E-state index is 0.567. The van der Waals surface area contributed by atoms with Crippen molar-refractivity contribution in [1.82, 2.24) is 0 Å². The molecule has 2 aromatic rings. The van der Waals surface area contributed by atoms with Crippen molar-refractivity contribution in [1.29, 1.82) is 0 Å². The van der Waals surface area contributed by atoms with Gasteiger partial charge in [0.15, 0.2) is 6.54 Å². The van der Waals surface area contributed by atoms with Crippen LogP contribution in [0.25, 0.3) is 0 Å². The third-order valence-electron chi connectivity index (χ3n) is 2.84. The van der Waals surface area contributed by atoms with Gasteiger partial charge in [-0.15, -0.1) is 11.3 Å². The first kappa shape index (κ1) is 9.60. The van der Waals surface area contributed by atoms with Gasteiger partial charge in [0.2, 0.25) is 5.71 Å². The Labute approximate surface area is 98.1 Å². The van der Waals surface area contributed by atoms with Crippen LogP contribution in [0.4, 0.5) is 0 Å². The summed E-state index contributed by atoms with van der Waals surface area (Å²) in [5.41, 5.74) is 2.94. The third-order valence-corrected chi connectivity index (χ3v) is 3.82. The number of benzene rings is 1. The molecule has 0 fully saturated rings. The van der Waals surface area contributed by atoms with E-state index in [9.17, 15) is 5.21 Å². The van der Waals surface area contributed by atoms with Crippen molar-refractivity contribution in [2.75, 3.05) is 6.54 Å². The number of hydrogen-bond donors (Lipinski definition) is 0. The van der Waals surface area contributed by atoms with Crippen LogP contribution in [-0.4, -0.2) is 17.0 Å². The van der Waals surface area contributed by atoms with Gasteiger partial charge in [0.05, 0.1) is 5.56 Å². The molecule has 0 amide bonds. The molecule has 1 aromatic heterocycles. The van der Waals surface area contributed by atoms with Gasteiger partial charge in [-0.25, -0.2) is 4.74 Å². The lowest BCUT2D eigenvalue weighted by molar-refractivity contribution is -0.457. The SMILES string of the molecule is [O-][N+]1=C(c2ccccc2)c2ccsc2CC1. The zero-order valence-corrected chi connectivity index (χ0v) is 9.54. The number of hydroxylamine groups is 1. The van der Waals surface area contributed by atoms with Gasteiger partial charge in [0.25, 0.3) is 0 Å². The van der Waals surface area contributed by atoms with Gasteiger partial charge in [-0.1, -0.05) is 18.2 Å². The van der Waals surface area contributed by atoms with E-state index < -0.39 is 0 Å². The highest BCUT2D eigenvalue weighted by Gasteiger charge is 2.24. The maximum Gasteiger partial charge on any atom is 0.226 e. The number of fused-ring (bicyclic) bond motifs is 1. The number of hydrogen-bond acceptors (Lipinski definition) is 2. The fourth-order valence-electron chi connectivity index (χ4n) is 2.09. The first-order valence-electron chi connectivity index (χ1n) is 5.30. The molecule has 1 aliphatic heterocycles. The molecule has 0 aliphatic carbocycles. The number of rotatable bonds is 1. The second-order valence-electron chi connectivity index (χ2n) is 3.82. The van der Waals surface area contributed by atoms with Crippen LogP contribution in [-0.2, 0) is 6.42 Å². The molecule has 0 saturated heterocycles. The van der Waals surface area contributed by atoms with Crippen LogP contribution in [0, 0.1) is 5.21 Å². The molecule has 0 bridgehead atoms. The summed E-state index contributed by atoms with van der Waals surface area (Å²) in [4.78, 5) is 1.32. The molecular weight excluding hydrogens is 218 g/mol. The second kappa shape index (κ2) is 3.76. The smallest absolute Gasteiger partial charge is 0.226 e. The molecule has 1 aliphatic rings. The molecule has 16 heavy (non-hydrogen) atoms. The summed E-state index contributed by atoms with van der Waals surface area (Å²) in [6.07, 6.45) is 0.868. The van der Waals surface area contributed by atoms with E-state index in [0.29, 0.717) is 6.54 Å². The van der Waals surface area contributed by atoms with Crippen LogP contribution in [0.5, 0.6) is 0 Å². The monoisotopic (exact) mass is 229 g/mol. The predicted molar refractivity (Wildman–Crippen MR) is 66.2 cm³/mol. The fraction of sp³-hybridized carbons (Fsp3) is 0.154. The van der Waals surface area contributed by atoms with Crippen LogP contribution in [0.2, 0.25) is 0 Å². The summed E-state index contributed by atoms with van der Waals surface area (Å²) in [6, 6.07) is 11.9. The molecule has 0 N–H and O–H groups in total. The van der Waals surface area contributed by atoms with E-state index in [-0.39, 0.29) is 0 Å². The largest absolute Gasteiger partial charge is 0.623 e. The van der Waals surface area contributed by atoms with Crippen LogP contribution in [0.1, 0.15) is 16.0 Å². The lowest BCUT2D eigenvalue weighted by atomic mass is 10.00. The molecule has 3 heteroatoms. The van der Waals surface area contributed by atoms with E-state index in [0.717, 1.165) is 28.0 Å². The lowest BCUT2D eigenvalue weighted by Crippen LogP contribution is -2.25. The second-order valence-corrected chi connectivity index (χ2v) is 4.82. The summed E-state index contributed by atoms with van der Waals surface area (Å²) < 4.78 is 1.12. The van der Waals surface area contributed by atoms with Crippen molar-refractivity contribution in [2.24, 2.45) is 0 Å². The van der Waals surface area contributed by atoms with Gasteiger partial charge in [-0.05, 0) is 23.6 Å². The molecular formula is C13H11NOS. The van der Waals surface area contributed by atoms with Crippen molar-refractivity contribution < 1.29 is 4.74 Å². The Kier molecular flexibility index (Phi) is 2.26. The fourth-order valence-corrected chi connectivity index (χ4v) is 2.96. The summed E-state index contributed by atoms with van der Waals surface area (Å²) in [6.45, 7) is 0.567. The zero-order chi connectivity index (χ0) is 11.0. The molecule has 2 heterocycles. The Morgan fingerprint density at radius 1 is 1.12 bits per heavy atom. The molecule has 0 spiro atoms. The van der Waals surface area contributed by atoms with Crippen LogP contribution < -0.4 is 0 Å². The van der Waals surface area contributed by atoms with E-state index in [4.69, 9.17) is 0 Å². The van der Waals surface area contributed by atoms with E-state index >= 15 is 0 Å². The Morgan fingerprint density at radius 3 is 2.75 bits per heavy atom. The van der Waals surface area contributed by atoms with Gasteiger partial charge >= 0.3 is 0 Å². The van der Waals surface area contributed by atoms with E-state index in [1.165, 1.54) is 4.88 Å². The number of nitrogens with zero attached hydrogens (tertiary/aromatic N) is 1. The minimum atomic E-state index is 0.567. The van der Waals surface area contributed by atoms with Gasteiger partial charge in [0, 0.05) is 16.9 Å². The van der Waals surface area contributed by atoms with Crippen LogP contribution in [0.15, 0.2) is 41.8 Å². The standard InChI is InChI=1S/C13H11NOS/c15-14-8-6-12-11(7-9-16-12)13(14)10-4-2-1-3-5-10/h1-5,7,9H,6,8H2. The van der Waals surface area contributed by atoms with Crippen molar-refractivity contribution in [2.45, 2.75) is 6.42 Å². The molecule has 80 valence electrons. The van der Waals surface area contributed by atoms with Crippen molar-refractivity contribution >= 4 is 17.0 Å². The van der Waals surface area contributed by atoms with Crippen molar-refractivity contribution in [3.8, 4) is 0 Å². The third kappa shape index (κ3) is 1.44. The van der Waals surface area contributed by atoms with Crippen molar-refractivity contribution in [3.63, 3.8) is 0 Å². The van der Waals surface area contributed by atoms with E-state index in [1.54, 1.807) is 11.3 Å². The maximum atomic E-state index is 11.9. The van der Waals surface area contributed by atoms with Gasteiger partial charge in [-0.2, -0.15) is 0 Å². The van der Waals surface area contributed by atoms with E-state index in [2.05, 4.69) is 5.38 Å². The van der Waals surface area contributed by atoms with E-state index in [1.807, 2.05) is 36.4 Å². The summed E-state index contributed by atoms with van der Waals surface area (Å²) >= 11 is 1.74. The molecule has 2 nitrogen and oxygen atoms in total. The lowest BCUT2D eigenvalue weighted by Gasteiger charge is -2.16. The Balaban J connectivity index is 2.19. The first-order chi connectivity index (χ1) is 7.86. The van der Waals surface area contributed by atoms with Gasteiger partial charge in [-0.3, -0.25) is 0 Å². The molecule has 0 unspecified atom stereocenters. The summed E-state index contributed by atoms with van der Waals surface area (Å²) in [5.74, 6) is 0. The highest BCUT2D eigenvalue weighted by Crippen LogP contribution is 2.24. The minimum Gasteiger partial charge on any atom is -0.623 e. The molecule has 0 radical (unpaired) electrons. The predicted octanol–water partition coefficient (Wildman–Crippen LogP) is 2.65. The highest BCUT2D eigenvalue weighted by atomic mass is 32.1. The van der Waals surface area contributed by atoms with Gasteiger partial charge in [0.1, 0.15) is 0 Å². The summed E-state index contributed by atoms with van der Waals surface area (Å²) in [7, 11) is 0. The Bertz CT molecular complexity index is 542. The summed E-state index contributed by atoms with van der Waals surface area (Å²) in [5, 5.41) is 14.0. The number of thiophene rings is 1. The molecule has 3 rings (SSSR count). The topological polar surface area (TPSA) is 26.1 Å². The zero-order valence-electron chi connectivity index (χ0n) is 8.72. The quantitative estimate of drug-likeness (QED) is 0.545. The Morgan fingerprint density at radius 2 is 1.94 bits per heavy atom. The normalized spacial score (nSPS) is 15.0. The van der Waals surface area contributed by atoms with Crippen LogP contribution in [0.3, 0.4) is 0 Å². The average molecular weight is 229 g/mol.